The first-order valence-corrected chi connectivity index (χ1v) is 5.75. The Morgan fingerprint density at radius 1 is 1.53 bits per heavy atom. The summed E-state index contributed by atoms with van der Waals surface area (Å²) in [5.41, 5.74) is 3.80. The summed E-state index contributed by atoms with van der Waals surface area (Å²) in [6, 6.07) is 4.51. The lowest BCUT2D eigenvalue weighted by molar-refractivity contribution is 0.518. The third-order valence-corrected chi connectivity index (χ3v) is 2.92. The van der Waals surface area contributed by atoms with Crippen molar-refractivity contribution < 1.29 is 4.39 Å². The standard InChI is InChI=1S/C10H11BrFN5/c11-7-1-2-8(12)6(3-7)4-9(15-13)10-5-14-17-16-10/h1-3,5,9,15H,4,13H2,(H,14,16,17). The van der Waals surface area contributed by atoms with Gasteiger partial charge in [0.25, 0.3) is 0 Å². The largest absolute Gasteiger partial charge is 0.271 e. The van der Waals surface area contributed by atoms with Crippen LogP contribution in [0.1, 0.15) is 17.3 Å². The van der Waals surface area contributed by atoms with Crippen molar-refractivity contribution in [1.82, 2.24) is 20.8 Å². The molecule has 0 spiro atoms. The average molecular weight is 300 g/mol. The second-order valence-electron chi connectivity index (χ2n) is 3.55. The third-order valence-electron chi connectivity index (χ3n) is 2.42. The van der Waals surface area contributed by atoms with E-state index in [9.17, 15) is 4.39 Å². The Morgan fingerprint density at radius 2 is 2.35 bits per heavy atom. The molecule has 0 saturated heterocycles. The molecule has 0 radical (unpaired) electrons. The average Bonchev–Trinajstić information content (AvgIpc) is 2.84. The van der Waals surface area contributed by atoms with Crippen molar-refractivity contribution in [1.29, 1.82) is 0 Å². The van der Waals surface area contributed by atoms with Gasteiger partial charge in [0, 0.05) is 4.47 Å². The normalized spacial score (nSPS) is 12.6. The Bertz CT molecular complexity index is 487. The van der Waals surface area contributed by atoms with Crippen LogP contribution in [0.25, 0.3) is 0 Å². The molecule has 1 heterocycles. The molecule has 1 unspecified atom stereocenters. The van der Waals surface area contributed by atoms with E-state index in [0.717, 1.165) is 4.47 Å². The summed E-state index contributed by atoms with van der Waals surface area (Å²) in [5, 5.41) is 10.1. The number of benzene rings is 1. The monoisotopic (exact) mass is 299 g/mol. The number of hydrogen-bond donors (Lipinski definition) is 3. The highest BCUT2D eigenvalue weighted by Crippen LogP contribution is 2.21. The van der Waals surface area contributed by atoms with Gasteiger partial charge in [-0.25, -0.2) is 4.39 Å². The summed E-state index contributed by atoms with van der Waals surface area (Å²) in [5.74, 6) is 5.17. The number of hydrazine groups is 1. The van der Waals surface area contributed by atoms with Gasteiger partial charge in [-0.1, -0.05) is 15.9 Å². The second-order valence-corrected chi connectivity index (χ2v) is 4.47. The maximum Gasteiger partial charge on any atom is 0.126 e. The number of nitrogens with one attached hydrogen (secondary N) is 2. The molecule has 1 atom stereocenters. The summed E-state index contributed by atoms with van der Waals surface area (Å²) in [7, 11) is 0. The van der Waals surface area contributed by atoms with E-state index in [2.05, 4.69) is 36.8 Å². The fraction of sp³-hybridized carbons (Fsp3) is 0.200. The van der Waals surface area contributed by atoms with Crippen molar-refractivity contribution in [3.05, 3.63) is 45.9 Å². The van der Waals surface area contributed by atoms with Gasteiger partial charge < -0.3 is 0 Å². The predicted molar refractivity (Wildman–Crippen MR) is 64.3 cm³/mol. The van der Waals surface area contributed by atoms with Crippen LogP contribution in [-0.4, -0.2) is 15.4 Å². The van der Waals surface area contributed by atoms with E-state index in [1.165, 1.54) is 6.07 Å². The number of hydrogen-bond acceptors (Lipinski definition) is 4. The molecule has 5 nitrogen and oxygen atoms in total. The van der Waals surface area contributed by atoms with Crippen LogP contribution in [0.3, 0.4) is 0 Å². The highest BCUT2D eigenvalue weighted by Gasteiger charge is 2.15. The molecule has 0 fully saturated rings. The minimum Gasteiger partial charge on any atom is -0.271 e. The Morgan fingerprint density at radius 3 is 3.00 bits per heavy atom. The van der Waals surface area contributed by atoms with E-state index in [0.29, 0.717) is 17.7 Å². The maximum atomic E-state index is 13.6. The minimum atomic E-state index is -0.280. The van der Waals surface area contributed by atoms with Crippen molar-refractivity contribution in [2.45, 2.75) is 12.5 Å². The zero-order valence-corrected chi connectivity index (χ0v) is 10.4. The molecule has 7 heteroatoms. The smallest absolute Gasteiger partial charge is 0.126 e. The van der Waals surface area contributed by atoms with E-state index in [4.69, 9.17) is 5.84 Å². The molecular weight excluding hydrogens is 289 g/mol. The summed E-state index contributed by atoms with van der Waals surface area (Å²) < 4.78 is 14.4. The third kappa shape index (κ3) is 2.87. The molecule has 0 aliphatic rings. The lowest BCUT2D eigenvalue weighted by Gasteiger charge is -2.13. The zero-order chi connectivity index (χ0) is 12.3. The summed E-state index contributed by atoms with van der Waals surface area (Å²) >= 11 is 3.30. The van der Waals surface area contributed by atoms with Crippen molar-refractivity contribution in [2.24, 2.45) is 5.84 Å². The van der Waals surface area contributed by atoms with Crippen LogP contribution in [-0.2, 0) is 6.42 Å². The number of nitrogens with zero attached hydrogens (tertiary/aromatic N) is 2. The number of aromatic amines is 1. The predicted octanol–water partition coefficient (Wildman–Crippen LogP) is 1.45. The van der Waals surface area contributed by atoms with Crippen LogP contribution in [0, 0.1) is 5.82 Å². The zero-order valence-electron chi connectivity index (χ0n) is 8.82. The molecule has 17 heavy (non-hydrogen) atoms. The fourth-order valence-corrected chi connectivity index (χ4v) is 1.96. The first-order valence-electron chi connectivity index (χ1n) is 4.96. The van der Waals surface area contributed by atoms with E-state index in [-0.39, 0.29) is 11.9 Å². The fourth-order valence-electron chi connectivity index (χ4n) is 1.55. The Labute approximate surface area is 106 Å². The lowest BCUT2D eigenvalue weighted by Crippen LogP contribution is -2.30. The summed E-state index contributed by atoms with van der Waals surface area (Å²) in [4.78, 5) is 0. The number of nitrogens with two attached hydrogens (primary N) is 1. The molecule has 0 amide bonds. The van der Waals surface area contributed by atoms with Crippen molar-refractivity contribution in [3.63, 3.8) is 0 Å². The van der Waals surface area contributed by atoms with E-state index >= 15 is 0 Å². The highest BCUT2D eigenvalue weighted by molar-refractivity contribution is 9.10. The molecule has 90 valence electrons. The van der Waals surface area contributed by atoms with Gasteiger partial charge in [-0.2, -0.15) is 15.4 Å². The van der Waals surface area contributed by atoms with Gasteiger partial charge in [-0.3, -0.25) is 11.3 Å². The quantitative estimate of drug-likeness (QED) is 0.590. The second kappa shape index (κ2) is 5.35. The molecular formula is C10H11BrFN5. The van der Waals surface area contributed by atoms with Crippen molar-refractivity contribution in [3.8, 4) is 0 Å². The Kier molecular flexibility index (Phi) is 3.82. The van der Waals surface area contributed by atoms with Gasteiger partial charge in [0.1, 0.15) is 11.5 Å². The van der Waals surface area contributed by atoms with Crippen LogP contribution in [0.5, 0.6) is 0 Å². The molecule has 4 N–H and O–H groups in total. The number of rotatable bonds is 4. The number of halogens is 2. The van der Waals surface area contributed by atoms with E-state index in [1.54, 1.807) is 18.3 Å². The van der Waals surface area contributed by atoms with Crippen LogP contribution < -0.4 is 11.3 Å². The Hall–Kier alpha value is -1.31. The van der Waals surface area contributed by atoms with Crippen LogP contribution in [0.2, 0.25) is 0 Å². The van der Waals surface area contributed by atoms with Gasteiger partial charge in [0.2, 0.25) is 0 Å². The van der Waals surface area contributed by atoms with Crippen LogP contribution in [0.15, 0.2) is 28.9 Å². The SMILES string of the molecule is NNC(Cc1cc(Br)ccc1F)c1cn[nH]n1. The van der Waals surface area contributed by atoms with Crippen LogP contribution >= 0.6 is 15.9 Å². The van der Waals surface area contributed by atoms with E-state index < -0.39 is 0 Å². The van der Waals surface area contributed by atoms with Crippen LogP contribution in [0.4, 0.5) is 4.39 Å². The lowest BCUT2D eigenvalue weighted by atomic mass is 10.0. The van der Waals surface area contributed by atoms with Gasteiger partial charge in [0.05, 0.1) is 12.2 Å². The molecule has 1 aromatic heterocycles. The number of H-pyrrole nitrogens is 1. The van der Waals surface area contributed by atoms with Gasteiger partial charge in [-0.05, 0) is 30.2 Å². The summed E-state index contributed by atoms with van der Waals surface area (Å²) in [6.45, 7) is 0. The molecule has 0 saturated carbocycles. The molecule has 0 bridgehead atoms. The maximum absolute atomic E-state index is 13.6. The molecule has 0 aliphatic carbocycles. The highest BCUT2D eigenvalue weighted by atomic mass is 79.9. The first kappa shape index (κ1) is 12.2. The van der Waals surface area contributed by atoms with Gasteiger partial charge in [0.15, 0.2) is 0 Å². The molecule has 0 aliphatic heterocycles. The van der Waals surface area contributed by atoms with Gasteiger partial charge in [-0.15, -0.1) is 0 Å². The molecule has 2 aromatic rings. The molecule has 1 aromatic carbocycles. The first-order chi connectivity index (χ1) is 8.20. The topological polar surface area (TPSA) is 79.6 Å². The molecule has 2 rings (SSSR count). The van der Waals surface area contributed by atoms with Crippen molar-refractivity contribution >= 4 is 15.9 Å². The Balaban J connectivity index is 2.21. The van der Waals surface area contributed by atoms with Gasteiger partial charge >= 0.3 is 0 Å². The van der Waals surface area contributed by atoms with Crippen molar-refractivity contribution in [2.75, 3.05) is 0 Å². The van der Waals surface area contributed by atoms with E-state index in [1.807, 2.05) is 0 Å². The minimum absolute atomic E-state index is 0.267. The summed E-state index contributed by atoms with van der Waals surface area (Å²) in [6.07, 6.45) is 1.95. The number of aromatic nitrogens is 3.